The van der Waals surface area contributed by atoms with Crippen molar-refractivity contribution in [3.63, 3.8) is 0 Å². The first kappa shape index (κ1) is 20.4. The second kappa shape index (κ2) is 10.3. The van der Waals surface area contributed by atoms with Gasteiger partial charge in [-0.2, -0.15) is 5.10 Å². The lowest BCUT2D eigenvalue weighted by Crippen LogP contribution is -2.24. The van der Waals surface area contributed by atoms with E-state index in [1.54, 1.807) is 24.3 Å². The smallest absolute Gasteiger partial charge is 0.343 e. The van der Waals surface area contributed by atoms with Crippen molar-refractivity contribution in [2.24, 2.45) is 5.10 Å². The van der Waals surface area contributed by atoms with Crippen LogP contribution in [0.3, 0.4) is 0 Å². The number of carbonyl (C=O) groups excluding carboxylic acids is 2. The summed E-state index contributed by atoms with van der Waals surface area (Å²) < 4.78 is 15.9. The minimum absolute atomic E-state index is 0.133. The third-order valence-corrected chi connectivity index (χ3v) is 4.00. The molecule has 2 aromatic carbocycles. The molecule has 7 nitrogen and oxygen atoms in total. The largest absolute Gasteiger partial charge is 0.483 e. The molecule has 0 aliphatic rings. The summed E-state index contributed by atoms with van der Waals surface area (Å²) in [4.78, 5) is 22.9. The van der Waals surface area contributed by atoms with Crippen LogP contribution in [0.4, 0.5) is 0 Å². The van der Waals surface area contributed by atoms with Gasteiger partial charge in [0.1, 0.15) is 11.5 Å². The third-order valence-electron chi connectivity index (χ3n) is 3.38. The summed E-state index contributed by atoms with van der Waals surface area (Å²) in [6, 6.07) is 12.6. The monoisotopic (exact) mass is 434 g/mol. The van der Waals surface area contributed by atoms with E-state index in [4.69, 9.17) is 9.47 Å². The van der Waals surface area contributed by atoms with Crippen molar-refractivity contribution < 1.29 is 23.8 Å². The zero-order valence-corrected chi connectivity index (χ0v) is 16.5. The molecule has 0 bridgehead atoms. The van der Waals surface area contributed by atoms with E-state index in [1.165, 1.54) is 13.3 Å². The zero-order chi connectivity index (χ0) is 19.6. The maximum absolute atomic E-state index is 11.8. The van der Waals surface area contributed by atoms with Crippen LogP contribution in [0.5, 0.6) is 11.5 Å². The highest BCUT2D eigenvalue weighted by Gasteiger charge is 2.06. The number of ether oxygens (including phenoxy) is 3. The molecule has 1 N–H and O–H groups in total. The zero-order valence-electron chi connectivity index (χ0n) is 14.9. The second-order valence-electron chi connectivity index (χ2n) is 5.40. The van der Waals surface area contributed by atoms with Crippen molar-refractivity contribution in [2.45, 2.75) is 6.92 Å². The summed E-state index contributed by atoms with van der Waals surface area (Å²) in [6.45, 7) is 1.59. The number of methoxy groups -OCH3 is 1. The number of nitrogens with zero attached hydrogens (tertiary/aromatic N) is 1. The van der Waals surface area contributed by atoms with Crippen molar-refractivity contribution in [3.05, 3.63) is 58.1 Å². The predicted molar refractivity (Wildman–Crippen MR) is 104 cm³/mol. The fourth-order valence-corrected chi connectivity index (χ4v) is 2.49. The molecule has 0 heterocycles. The molecule has 0 radical (unpaired) electrons. The van der Waals surface area contributed by atoms with Gasteiger partial charge in [-0.25, -0.2) is 10.2 Å². The van der Waals surface area contributed by atoms with Gasteiger partial charge in [-0.3, -0.25) is 4.79 Å². The Labute approximate surface area is 165 Å². The van der Waals surface area contributed by atoms with Crippen LogP contribution in [-0.4, -0.2) is 38.4 Å². The first-order valence-corrected chi connectivity index (χ1v) is 8.78. The SMILES string of the molecule is COC(=O)COc1ccc(/C=N\NC(=O)COc2ccccc2C)cc1Br. The number of amides is 1. The normalized spacial score (nSPS) is 10.5. The Kier molecular flexibility index (Phi) is 7.81. The number of hydrogen-bond acceptors (Lipinski definition) is 6. The lowest BCUT2D eigenvalue weighted by atomic mass is 10.2. The molecule has 0 spiro atoms. The summed E-state index contributed by atoms with van der Waals surface area (Å²) in [5.74, 6) is 0.311. The molecule has 1 amide bonds. The van der Waals surface area contributed by atoms with Crippen molar-refractivity contribution >= 4 is 34.0 Å². The van der Waals surface area contributed by atoms with E-state index < -0.39 is 5.97 Å². The number of hydrogen-bond donors (Lipinski definition) is 1. The molecule has 0 aromatic heterocycles. The summed E-state index contributed by atoms with van der Waals surface area (Å²) in [5.41, 5.74) is 4.08. The number of aryl methyl sites for hydroxylation is 1. The van der Waals surface area contributed by atoms with Crippen LogP contribution in [0.25, 0.3) is 0 Å². The fraction of sp³-hybridized carbons (Fsp3) is 0.211. The third kappa shape index (κ3) is 6.74. The summed E-state index contributed by atoms with van der Waals surface area (Å²) >= 11 is 3.35. The van der Waals surface area contributed by atoms with Crippen LogP contribution in [0, 0.1) is 6.92 Å². The standard InChI is InChI=1S/C19H19BrN2O5/c1-13-5-3-4-6-16(13)26-11-18(23)22-21-10-14-7-8-17(15(20)9-14)27-12-19(24)25-2/h3-10H,11-12H2,1-2H3,(H,22,23)/b21-10-. The average molecular weight is 435 g/mol. The van der Waals surface area contributed by atoms with Gasteiger partial charge in [0.2, 0.25) is 0 Å². The van der Waals surface area contributed by atoms with Crippen molar-refractivity contribution in [2.75, 3.05) is 20.3 Å². The number of rotatable bonds is 8. The Hall–Kier alpha value is -2.87. The number of esters is 1. The van der Waals surface area contributed by atoms with Gasteiger partial charge in [-0.1, -0.05) is 18.2 Å². The Morgan fingerprint density at radius 1 is 1.11 bits per heavy atom. The number of benzene rings is 2. The highest BCUT2D eigenvalue weighted by atomic mass is 79.9. The Balaban J connectivity index is 1.83. The van der Waals surface area contributed by atoms with Crippen LogP contribution in [0.2, 0.25) is 0 Å². The van der Waals surface area contributed by atoms with E-state index in [9.17, 15) is 9.59 Å². The van der Waals surface area contributed by atoms with Crippen LogP contribution in [0.1, 0.15) is 11.1 Å². The van der Waals surface area contributed by atoms with Gasteiger partial charge in [0.25, 0.3) is 5.91 Å². The molecule has 0 saturated carbocycles. The molecule has 27 heavy (non-hydrogen) atoms. The molecule has 0 unspecified atom stereocenters. The molecule has 8 heteroatoms. The van der Waals surface area contributed by atoms with Crippen LogP contribution in [-0.2, 0) is 14.3 Å². The van der Waals surface area contributed by atoms with E-state index in [2.05, 4.69) is 31.2 Å². The van der Waals surface area contributed by atoms with E-state index in [0.29, 0.717) is 16.0 Å². The van der Waals surface area contributed by atoms with Crippen LogP contribution in [0.15, 0.2) is 52.0 Å². The molecule has 2 aromatic rings. The Morgan fingerprint density at radius 2 is 1.85 bits per heavy atom. The Morgan fingerprint density at radius 3 is 2.56 bits per heavy atom. The van der Waals surface area contributed by atoms with Crippen LogP contribution < -0.4 is 14.9 Å². The summed E-state index contributed by atoms with van der Waals surface area (Å²) in [7, 11) is 1.29. The van der Waals surface area contributed by atoms with E-state index in [0.717, 1.165) is 11.1 Å². The first-order valence-electron chi connectivity index (χ1n) is 7.99. The van der Waals surface area contributed by atoms with Gasteiger partial charge in [0, 0.05) is 0 Å². The van der Waals surface area contributed by atoms with E-state index in [1.807, 2.05) is 25.1 Å². The van der Waals surface area contributed by atoms with Gasteiger partial charge < -0.3 is 14.2 Å². The lowest BCUT2D eigenvalue weighted by Gasteiger charge is -2.08. The van der Waals surface area contributed by atoms with Crippen molar-refractivity contribution in [1.82, 2.24) is 5.43 Å². The van der Waals surface area contributed by atoms with Gasteiger partial charge >= 0.3 is 5.97 Å². The highest BCUT2D eigenvalue weighted by Crippen LogP contribution is 2.25. The molecule has 0 aliphatic heterocycles. The van der Waals surface area contributed by atoms with E-state index in [-0.39, 0.29) is 19.1 Å². The quantitative estimate of drug-likeness (QED) is 0.392. The molecule has 2 rings (SSSR count). The topological polar surface area (TPSA) is 86.2 Å². The first-order chi connectivity index (χ1) is 13.0. The molecule has 142 valence electrons. The molecule has 0 aliphatic carbocycles. The summed E-state index contributed by atoms with van der Waals surface area (Å²) in [6.07, 6.45) is 1.49. The number of nitrogens with one attached hydrogen (secondary N) is 1. The van der Waals surface area contributed by atoms with Gasteiger partial charge in [0.05, 0.1) is 17.8 Å². The number of carbonyl (C=O) groups is 2. The number of hydrazone groups is 1. The van der Waals surface area contributed by atoms with Gasteiger partial charge in [-0.05, 0) is 58.2 Å². The number of halogens is 1. The van der Waals surface area contributed by atoms with Crippen molar-refractivity contribution in [3.8, 4) is 11.5 Å². The minimum atomic E-state index is -0.469. The molecular weight excluding hydrogens is 416 g/mol. The van der Waals surface area contributed by atoms with E-state index >= 15 is 0 Å². The average Bonchev–Trinajstić information content (AvgIpc) is 2.66. The maximum atomic E-state index is 11.8. The minimum Gasteiger partial charge on any atom is -0.483 e. The molecule has 0 saturated heterocycles. The second-order valence-corrected chi connectivity index (χ2v) is 6.26. The van der Waals surface area contributed by atoms with Crippen molar-refractivity contribution in [1.29, 1.82) is 0 Å². The molecule has 0 atom stereocenters. The molecular formula is C19H19BrN2O5. The highest BCUT2D eigenvalue weighted by molar-refractivity contribution is 9.10. The predicted octanol–water partition coefficient (Wildman–Crippen LogP) is 2.84. The van der Waals surface area contributed by atoms with Gasteiger partial charge in [-0.15, -0.1) is 0 Å². The lowest BCUT2D eigenvalue weighted by molar-refractivity contribution is -0.142. The fourth-order valence-electron chi connectivity index (χ4n) is 1.98. The number of para-hydroxylation sites is 1. The Bertz CT molecular complexity index is 839. The maximum Gasteiger partial charge on any atom is 0.343 e. The van der Waals surface area contributed by atoms with Gasteiger partial charge in [0.15, 0.2) is 13.2 Å². The molecule has 0 fully saturated rings. The summed E-state index contributed by atoms with van der Waals surface area (Å²) in [5, 5.41) is 3.89. The van der Waals surface area contributed by atoms with Crippen LogP contribution >= 0.6 is 15.9 Å².